The highest BCUT2D eigenvalue weighted by Crippen LogP contribution is 2.47. The summed E-state index contributed by atoms with van der Waals surface area (Å²) in [5.41, 5.74) is 6.24. The molecule has 7 rings (SSSR count). The Morgan fingerprint density at radius 3 is 2.54 bits per heavy atom. The summed E-state index contributed by atoms with van der Waals surface area (Å²) in [5.74, 6) is 1.79. The van der Waals surface area contributed by atoms with Crippen molar-refractivity contribution in [1.29, 1.82) is 0 Å². The Labute approximate surface area is 222 Å². The van der Waals surface area contributed by atoms with Crippen molar-refractivity contribution in [2.45, 2.75) is 45.0 Å². The van der Waals surface area contributed by atoms with Crippen molar-refractivity contribution >= 4 is 21.9 Å². The van der Waals surface area contributed by atoms with Crippen molar-refractivity contribution in [2.75, 3.05) is 0 Å². The summed E-state index contributed by atoms with van der Waals surface area (Å²) in [7, 11) is 3.98. The fourth-order valence-electron chi connectivity index (χ4n) is 5.40. The SMILES string of the molecule is CC(C)c1nc2nn(C)cc2cc1-c1nc(-c2cccc3nn(-c4cc(C(F)F)[nH]n4)cc23)c(C2CC2)n1C. The number of aryl methyl sites for hydroxylation is 1. The lowest BCUT2D eigenvalue weighted by Gasteiger charge is -2.12. The van der Waals surface area contributed by atoms with Crippen LogP contribution in [0.4, 0.5) is 8.78 Å². The van der Waals surface area contributed by atoms with Gasteiger partial charge in [-0.25, -0.2) is 23.4 Å². The second-order valence-corrected chi connectivity index (χ2v) is 10.6. The smallest absolute Gasteiger partial charge is 0.279 e. The van der Waals surface area contributed by atoms with Gasteiger partial charge in [0.15, 0.2) is 11.5 Å². The van der Waals surface area contributed by atoms with E-state index >= 15 is 0 Å². The lowest BCUT2D eigenvalue weighted by molar-refractivity contribution is 0.146. The Bertz CT molecular complexity index is 1870. The molecule has 6 aromatic rings. The van der Waals surface area contributed by atoms with Crippen LogP contribution < -0.4 is 0 Å². The molecule has 0 spiro atoms. The highest BCUT2D eigenvalue weighted by Gasteiger charge is 2.33. The molecule has 0 saturated heterocycles. The van der Waals surface area contributed by atoms with Crippen LogP contribution in [-0.4, -0.2) is 44.3 Å². The molecule has 0 radical (unpaired) electrons. The minimum atomic E-state index is -2.63. The van der Waals surface area contributed by atoms with Gasteiger partial charge in [0.05, 0.1) is 16.9 Å². The van der Waals surface area contributed by atoms with Gasteiger partial charge in [-0.1, -0.05) is 26.0 Å². The first-order valence-corrected chi connectivity index (χ1v) is 13.0. The number of hydrogen-bond donors (Lipinski definition) is 1. The van der Waals surface area contributed by atoms with Crippen molar-refractivity contribution in [3.8, 4) is 28.5 Å². The third-order valence-corrected chi connectivity index (χ3v) is 7.39. The zero-order valence-corrected chi connectivity index (χ0v) is 22.0. The van der Waals surface area contributed by atoms with E-state index in [0.717, 1.165) is 63.1 Å². The van der Waals surface area contributed by atoms with E-state index in [1.165, 1.54) is 16.4 Å². The molecule has 5 heterocycles. The number of hydrogen-bond acceptors (Lipinski definition) is 5. The second kappa shape index (κ2) is 8.55. The van der Waals surface area contributed by atoms with Crippen LogP contribution in [-0.2, 0) is 14.1 Å². The first-order valence-electron chi connectivity index (χ1n) is 13.0. The van der Waals surface area contributed by atoms with E-state index in [4.69, 9.17) is 9.97 Å². The van der Waals surface area contributed by atoms with Gasteiger partial charge in [0.25, 0.3) is 6.43 Å². The van der Waals surface area contributed by atoms with E-state index in [1.807, 2.05) is 37.6 Å². The van der Waals surface area contributed by atoms with E-state index in [9.17, 15) is 8.78 Å². The summed E-state index contributed by atoms with van der Waals surface area (Å²) in [4.78, 5) is 10.2. The van der Waals surface area contributed by atoms with Gasteiger partial charge in [0, 0.05) is 66.1 Å². The normalized spacial score (nSPS) is 14.1. The van der Waals surface area contributed by atoms with Gasteiger partial charge in [0.1, 0.15) is 11.5 Å². The van der Waals surface area contributed by atoms with E-state index in [0.29, 0.717) is 11.7 Å². The van der Waals surface area contributed by atoms with E-state index in [2.05, 4.69) is 51.9 Å². The number of imidazole rings is 1. The molecule has 0 bridgehead atoms. The second-order valence-electron chi connectivity index (χ2n) is 10.6. The van der Waals surface area contributed by atoms with Gasteiger partial charge in [-0.15, -0.1) is 0 Å². The van der Waals surface area contributed by atoms with Crippen LogP contribution in [0.3, 0.4) is 0 Å². The minimum Gasteiger partial charge on any atom is -0.330 e. The number of fused-ring (bicyclic) bond motifs is 2. The molecule has 5 aromatic heterocycles. The minimum absolute atomic E-state index is 0.185. The van der Waals surface area contributed by atoms with E-state index in [-0.39, 0.29) is 11.6 Å². The van der Waals surface area contributed by atoms with E-state index < -0.39 is 6.43 Å². The lowest BCUT2D eigenvalue weighted by Crippen LogP contribution is -2.03. The van der Waals surface area contributed by atoms with Gasteiger partial charge < -0.3 is 4.57 Å². The summed E-state index contributed by atoms with van der Waals surface area (Å²) in [5, 5.41) is 17.4. The zero-order chi connectivity index (χ0) is 27.0. The summed E-state index contributed by atoms with van der Waals surface area (Å²) in [6, 6.07) is 9.38. The van der Waals surface area contributed by atoms with Gasteiger partial charge >= 0.3 is 0 Å². The fraction of sp³-hybridized carbons (Fsp3) is 0.321. The highest BCUT2D eigenvalue weighted by atomic mass is 19.3. The maximum atomic E-state index is 13.1. The van der Waals surface area contributed by atoms with Gasteiger partial charge in [-0.05, 0) is 30.9 Å². The molecule has 0 unspecified atom stereocenters. The molecule has 1 saturated carbocycles. The molecule has 39 heavy (non-hydrogen) atoms. The van der Waals surface area contributed by atoms with Crippen LogP contribution in [0.2, 0.25) is 0 Å². The number of aromatic amines is 1. The first-order chi connectivity index (χ1) is 18.8. The number of nitrogens with zero attached hydrogens (tertiary/aromatic N) is 8. The molecule has 0 amide bonds. The van der Waals surface area contributed by atoms with Crippen molar-refractivity contribution in [2.24, 2.45) is 14.1 Å². The monoisotopic (exact) mass is 527 g/mol. The number of rotatable bonds is 6. The third kappa shape index (κ3) is 3.83. The van der Waals surface area contributed by atoms with Gasteiger partial charge in [-0.3, -0.25) is 9.78 Å². The average Bonchev–Trinajstić information content (AvgIpc) is 3.26. The molecule has 198 valence electrons. The predicted octanol–water partition coefficient (Wildman–Crippen LogP) is 6.04. The molecular weight excluding hydrogens is 500 g/mol. The lowest BCUT2D eigenvalue weighted by atomic mass is 10.0. The Morgan fingerprint density at radius 1 is 1.00 bits per heavy atom. The Kier molecular flexibility index (Phi) is 5.19. The third-order valence-electron chi connectivity index (χ3n) is 7.39. The summed E-state index contributed by atoms with van der Waals surface area (Å²) < 4.78 is 31.8. The molecule has 0 atom stereocenters. The Hall–Kier alpha value is -4.41. The molecule has 0 aliphatic heterocycles. The predicted molar refractivity (Wildman–Crippen MR) is 144 cm³/mol. The molecule has 1 aromatic carbocycles. The van der Waals surface area contributed by atoms with Crippen molar-refractivity contribution in [3.63, 3.8) is 0 Å². The molecule has 1 fully saturated rings. The first kappa shape index (κ1) is 23.7. The zero-order valence-electron chi connectivity index (χ0n) is 22.0. The van der Waals surface area contributed by atoms with Crippen molar-refractivity contribution < 1.29 is 8.78 Å². The maximum absolute atomic E-state index is 13.1. The number of nitrogens with one attached hydrogen (secondary N) is 1. The molecule has 1 aliphatic rings. The molecule has 1 N–H and O–H groups in total. The highest BCUT2D eigenvalue weighted by molar-refractivity contribution is 5.95. The Balaban J connectivity index is 1.42. The number of halogens is 2. The number of H-pyrrole nitrogens is 1. The standard InChI is InChI=1S/C28H27F2N9/c1-14(2)23-18(10-16-12-37(3)36-27(16)31-23)28-32-24(25(38(28)4)15-8-9-15)17-6-5-7-20-19(17)13-39(35-20)22-11-21(26(29)30)33-34-22/h5-7,10-15,26H,8-9H2,1-4H3,(H,33,34). The summed E-state index contributed by atoms with van der Waals surface area (Å²) in [6.07, 6.45) is 3.41. The van der Waals surface area contributed by atoms with Crippen LogP contribution in [0.15, 0.2) is 42.7 Å². The topological polar surface area (TPSA) is 95.0 Å². The number of pyridine rings is 1. The number of alkyl halides is 2. The quantitative estimate of drug-likeness (QED) is 0.285. The fourth-order valence-corrected chi connectivity index (χ4v) is 5.40. The maximum Gasteiger partial charge on any atom is 0.279 e. The van der Waals surface area contributed by atoms with Crippen LogP contribution >= 0.6 is 0 Å². The van der Waals surface area contributed by atoms with Crippen molar-refractivity contribution in [3.05, 3.63) is 59.8 Å². The summed E-state index contributed by atoms with van der Waals surface area (Å²) in [6.45, 7) is 4.27. The van der Waals surface area contributed by atoms with Gasteiger partial charge in [0.2, 0.25) is 0 Å². The largest absolute Gasteiger partial charge is 0.330 e. The van der Waals surface area contributed by atoms with Crippen LogP contribution in [0, 0.1) is 0 Å². The van der Waals surface area contributed by atoms with Crippen LogP contribution in [0.25, 0.3) is 50.4 Å². The Morgan fingerprint density at radius 2 is 1.82 bits per heavy atom. The van der Waals surface area contributed by atoms with E-state index in [1.54, 1.807) is 4.68 Å². The molecular formula is C28H27F2N9. The number of benzene rings is 1. The number of aromatic nitrogens is 9. The average molecular weight is 528 g/mol. The molecule has 9 nitrogen and oxygen atoms in total. The van der Waals surface area contributed by atoms with Crippen LogP contribution in [0.5, 0.6) is 0 Å². The van der Waals surface area contributed by atoms with Crippen molar-refractivity contribution in [1.82, 2.24) is 44.3 Å². The van der Waals surface area contributed by atoms with Crippen LogP contribution in [0.1, 0.15) is 62.0 Å². The van der Waals surface area contributed by atoms with Gasteiger partial charge in [-0.2, -0.15) is 15.3 Å². The summed E-state index contributed by atoms with van der Waals surface area (Å²) >= 11 is 0. The molecule has 1 aliphatic carbocycles. The molecule has 11 heteroatoms.